The first kappa shape index (κ1) is 13.4. The maximum absolute atomic E-state index is 12.2. The van der Waals surface area contributed by atoms with Gasteiger partial charge < -0.3 is 20.8 Å². The molecule has 5 heteroatoms. The van der Waals surface area contributed by atoms with Crippen molar-refractivity contribution in [3.8, 4) is 0 Å². The van der Waals surface area contributed by atoms with Gasteiger partial charge in [0, 0.05) is 6.54 Å². The van der Waals surface area contributed by atoms with Gasteiger partial charge in [0.1, 0.15) is 0 Å². The van der Waals surface area contributed by atoms with E-state index in [0.29, 0.717) is 6.54 Å². The zero-order valence-corrected chi connectivity index (χ0v) is 10.0. The third-order valence-electron chi connectivity index (χ3n) is 3.52. The molecule has 1 aliphatic rings. The minimum atomic E-state index is -0.929. The molecule has 0 spiro atoms. The molecule has 1 amide bonds. The first-order chi connectivity index (χ1) is 7.52. The van der Waals surface area contributed by atoms with E-state index in [0.717, 1.165) is 19.4 Å². The van der Waals surface area contributed by atoms with Crippen LogP contribution in [-0.2, 0) is 4.79 Å². The van der Waals surface area contributed by atoms with Gasteiger partial charge in [-0.25, -0.2) is 0 Å². The molecule has 16 heavy (non-hydrogen) atoms. The molecular weight excluding hydrogens is 208 g/mol. The number of rotatable bonds is 5. The Morgan fingerprint density at radius 1 is 1.50 bits per heavy atom. The van der Waals surface area contributed by atoms with E-state index in [1.54, 1.807) is 6.92 Å². The van der Waals surface area contributed by atoms with Gasteiger partial charge in [0.15, 0.2) is 0 Å². The fourth-order valence-electron chi connectivity index (χ4n) is 1.94. The molecule has 1 unspecified atom stereocenters. The summed E-state index contributed by atoms with van der Waals surface area (Å²) in [5.41, 5.74) is -1.31. The van der Waals surface area contributed by atoms with E-state index in [1.165, 1.54) is 0 Å². The van der Waals surface area contributed by atoms with Gasteiger partial charge in [-0.15, -0.1) is 0 Å². The summed E-state index contributed by atoms with van der Waals surface area (Å²) in [6.45, 7) is 4.61. The smallest absolute Gasteiger partial charge is 0.228 e. The molecule has 0 aromatic rings. The second-order valence-electron chi connectivity index (χ2n) is 4.89. The van der Waals surface area contributed by atoms with E-state index in [1.807, 2.05) is 6.92 Å². The van der Waals surface area contributed by atoms with E-state index in [-0.39, 0.29) is 24.5 Å². The van der Waals surface area contributed by atoms with Crippen LogP contribution in [0, 0.1) is 5.41 Å². The first-order valence-electron chi connectivity index (χ1n) is 5.77. The van der Waals surface area contributed by atoms with Crippen LogP contribution in [0.3, 0.4) is 0 Å². The van der Waals surface area contributed by atoms with Crippen molar-refractivity contribution < 1.29 is 15.0 Å². The Hall–Kier alpha value is -0.650. The normalized spacial score (nSPS) is 25.8. The van der Waals surface area contributed by atoms with Crippen molar-refractivity contribution in [2.75, 3.05) is 26.3 Å². The van der Waals surface area contributed by atoms with Crippen LogP contribution in [0.1, 0.15) is 26.7 Å². The average Bonchev–Trinajstić information content (AvgIpc) is 2.78. The second-order valence-corrected chi connectivity index (χ2v) is 4.89. The quantitative estimate of drug-likeness (QED) is 0.500. The Bertz CT molecular complexity index is 246. The van der Waals surface area contributed by atoms with E-state index >= 15 is 0 Å². The maximum atomic E-state index is 12.2. The molecule has 0 bridgehead atoms. The van der Waals surface area contributed by atoms with Gasteiger partial charge in [0.2, 0.25) is 5.91 Å². The van der Waals surface area contributed by atoms with Gasteiger partial charge in [-0.3, -0.25) is 4.79 Å². The van der Waals surface area contributed by atoms with Crippen LogP contribution in [0.2, 0.25) is 0 Å². The lowest BCUT2D eigenvalue weighted by Gasteiger charge is -2.33. The number of carbonyl (C=O) groups excluding carboxylic acids is 1. The molecule has 5 nitrogen and oxygen atoms in total. The number of hydrogen-bond donors (Lipinski definition) is 4. The van der Waals surface area contributed by atoms with Gasteiger partial charge in [-0.05, 0) is 26.3 Å². The van der Waals surface area contributed by atoms with Crippen molar-refractivity contribution in [1.82, 2.24) is 10.6 Å². The molecule has 0 aromatic carbocycles. The predicted octanol–water partition coefficient (Wildman–Crippen LogP) is -0.764. The lowest BCUT2D eigenvalue weighted by atomic mass is 9.82. The summed E-state index contributed by atoms with van der Waals surface area (Å²) >= 11 is 0. The third kappa shape index (κ3) is 2.53. The highest BCUT2D eigenvalue weighted by molar-refractivity contribution is 5.84. The number of amides is 1. The van der Waals surface area contributed by atoms with Crippen molar-refractivity contribution >= 4 is 5.91 Å². The SMILES string of the molecule is CCC1(C(=O)NC(C)(CO)CO)CCNC1. The Morgan fingerprint density at radius 2 is 2.12 bits per heavy atom. The zero-order valence-electron chi connectivity index (χ0n) is 10.0. The highest BCUT2D eigenvalue weighted by atomic mass is 16.3. The summed E-state index contributed by atoms with van der Waals surface area (Å²) in [4.78, 5) is 12.2. The zero-order chi connectivity index (χ0) is 12.2. The van der Waals surface area contributed by atoms with Crippen LogP contribution in [0.15, 0.2) is 0 Å². The molecular formula is C11H22N2O3. The summed E-state index contributed by atoms with van der Waals surface area (Å²) in [7, 11) is 0. The molecule has 94 valence electrons. The van der Waals surface area contributed by atoms with E-state index in [4.69, 9.17) is 10.2 Å². The largest absolute Gasteiger partial charge is 0.394 e. The molecule has 1 heterocycles. The monoisotopic (exact) mass is 230 g/mol. The van der Waals surface area contributed by atoms with Crippen LogP contribution >= 0.6 is 0 Å². The van der Waals surface area contributed by atoms with Crippen LogP contribution in [0.5, 0.6) is 0 Å². The third-order valence-corrected chi connectivity index (χ3v) is 3.52. The van der Waals surface area contributed by atoms with Crippen molar-refractivity contribution in [3.63, 3.8) is 0 Å². The number of aliphatic hydroxyl groups excluding tert-OH is 2. The van der Waals surface area contributed by atoms with E-state index < -0.39 is 5.54 Å². The average molecular weight is 230 g/mol. The van der Waals surface area contributed by atoms with Crippen LogP contribution in [0.25, 0.3) is 0 Å². The molecule has 1 atom stereocenters. The number of hydrogen-bond acceptors (Lipinski definition) is 4. The molecule has 1 fully saturated rings. The first-order valence-corrected chi connectivity index (χ1v) is 5.77. The second kappa shape index (κ2) is 5.12. The fraction of sp³-hybridized carbons (Fsp3) is 0.909. The van der Waals surface area contributed by atoms with E-state index in [2.05, 4.69) is 10.6 Å². The summed E-state index contributed by atoms with van der Waals surface area (Å²) in [6.07, 6.45) is 1.57. The number of carbonyl (C=O) groups is 1. The highest BCUT2D eigenvalue weighted by Crippen LogP contribution is 2.30. The summed E-state index contributed by atoms with van der Waals surface area (Å²) in [5.74, 6) is -0.0781. The number of nitrogens with one attached hydrogen (secondary N) is 2. The molecule has 4 N–H and O–H groups in total. The molecule has 1 aliphatic heterocycles. The fourth-order valence-corrected chi connectivity index (χ4v) is 1.94. The lowest BCUT2D eigenvalue weighted by molar-refractivity contribution is -0.133. The summed E-state index contributed by atoms with van der Waals surface area (Å²) < 4.78 is 0. The Balaban J connectivity index is 2.70. The van der Waals surface area contributed by atoms with Gasteiger partial charge in [-0.1, -0.05) is 6.92 Å². The standard InChI is InChI=1S/C11H22N2O3/c1-3-11(4-5-12-6-11)9(16)13-10(2,7-14)8-15/h12,14-15H,3-8H2,1-2H3,(H,13,16). The maximum Gasteiger partial charge on any atom is 0.228 e. The van der Waals surface area contributed by atoms with Gasteiger partial charge in [-0.2, -0.15) is 0 Å². The van der Waals surface area contributed by atoms with Crippen LogP contribution in [0.4, 0.5) is 0 Å². The Morgan fingerprint density at radius 3 is 2.50 bits per heavy atom. The molecule has 0 aliphatic carbocycles. The van der Waals surface area contributed by atoms with Gasteiger partial charge >= 0.3 is 0 Å². The summed E-state index contributed by atoms with van der Waals surface area (Å²) in [6, 6.07) is 0. The molecule has 1 saturated heterocycles. The van der Waals surface area contributed by atoms with Crippen LogP contribution < -0.4 is 10.6 Å². The molecule has 1 rings (SSSR count). The molecule has 0 radical (unpaired) electrons. The topological polar surface area (TPSA) is 81.6 Å². The minimum Gasteiger partial charge on any atom is -0.394 e. The number of aliphatic hydroxyl groups is 2. The van der Waals surface area contributed by atoms with E-state index in [9.17, 15) is 4.79 Å². The van der Waals surface area contributed by atoms with Crippen molar-refractivity contribution in [2.45, 2.75) is 32.2 Å². The summed E-state index contributed by atoms with van der Waals surface area (Å²) in [5, 5.41) is 24.2. The van der Waals surface area contributed by atoms with Gasteiger partial charge in [0.25, 0.3) is 0 Å². The van der Waals surface area contributed by atoms with Crippen molar-refractivity contribution in [1.29, 1.82) is 0 Å². The lowest BCUT2D eigenvalue weighted by Crippen LogP contribution is -2.56. The molecule has 0 aromatic heterocycles. The minimum absolute atomic E-state index is 0.0781. The van der Waals surface area contributed by atoms with Crippen molar-refractivity contribution in [3.05, 3.63) is 0 Å². The Labute approximate surface area is 96.2 Å². The predicted molar refractivity (Wildman–Crippen MR) is 60.9 cm³/mol. The molecule has 0 saturated carbocycles. The Kier molecular flexibility index (Phi) is 4.29. The van der Waals surface area contributed by atoms with Gasteiger partial charge in [0.05, 0.1) is 24.2 Å². The van der Waals surface area contributed by atoms with Crippen LogP contribution in [-0.4, -0.2) is 48.0 Å². The highest BCUT2D eigenvalue weighted by Gasteiger charge is 2.41. The van der Waals surface area contributed by atoms with Crippen molar-refractivity contribution in [2.24, 2.45) is 5.41 Å².